The Kier molecular flexibility index (Phi) is 44.4. The molecule has 4 nitrogen and oxygen atoms in total. The molecule has 0 aliphatic carbocycles. The molecule has 0 spiro atoms. The number of rotatable bonds is 42. The average molecular weight is 766 g/mol. The van der Waals surface area contributed by atoms with Crippen LogP contribution in [0.3, 0.4) is 0 Å². The van der Waals surface area contributed by atoms with Gasteiger partial charge in [0, 0.05) is 6.42 Å². The fraction of sp³-hybridized carbons (Fsp3) is 0.745. The summed E-state index contributed by atoms with van der Waals surface area (Å²) < 4.78 is 0. The number of aliphatic hydroxyl groups is 2. The molecule has 0 saturated carbocycles. The largest absolute Gasteiger partial charge is 0.394 e. The molecule has 2 atom stereocenters. The smallest absolute Gasteiger partial charge is 0.220 e. The van der Waals surface area contributed by atoms with Crippen LogP contribution >= 0.6 is 0 Å². The van der Waals surface area contributed by atoms with Crippen molar-refractivity contribution in [1.82, 2.24) is 5.32 Å². The molecule has 4 heteroatoms. The quantitative estimate of drug-likeness (QED) is 0.0428. The number of carbonyl (C=O) groups is 1. The molecule has 0 aromatic rings. The lowest BCUT2D eigenvalue weighted by atomic mass is 10.0. The van der Waals surface area contributed by atoms with Crippen molar-refractivity contribution in [3.63, 3.8) is 0 Å². The first-order valence-corrected chi connectivity index (χ1v) is 23.7. The van der Waals surface area contributed by atoms with Crippen LogP contribution in [-0.2, 0) is 4.79 Å². The number of allylic oxidation sites excluding steroid dienone is 11. The van der Waals surface area contributed by atoms with E-state index >= 15 is 0 Å². The highest BCUT2D eigenvalue weighted by Gasteiger charge is 2.17. The molecular weight excluding hydrogens is 675 g/mol. The molecule has 2 unspecified atom stereocenters. The molecular formula is C51H91NO3. The van der Waals surface area contributed by atoms with Crippen LogP contribution in [0.5, 0.6) is 0 Å². The first kappa shape index (κ1) is 52.8. The molecule has 0 aliphatic rings. The molecule has 0 aromatic carbocycles. The third-order valence-electron chi connectivity index (χ3n) is 10.4. The molecule has 0 bridgehead atoms. The summed E-state index contributed by atoms with van der Waals surface area (Å²) >= 11 is 0. The second-order valence-corrected chi connectivity index (χ2v) is 15.8. The normalized spacial score (nSPS) is 13.6. The van der Waals surface area contributed by atoms with Gasteiger partial charge >= 0.3 is 0 Å². The number of aliphatic hydroxyl groups excluding tert-OH is 2. The van der Waals surface area contributed by atoms with Crippen molar-refractivity contribution in [2.45, 2.75) is 238 Å². The van der Waals surface area contributed by atoms with Crippen molar-refractivity contribution in [3.05, 3.63) is 72.9 Å². The van der Waals surface area contributed by atoms with E-state index in [0.29, 0.717) is 6.42 Å². The van der Waals surface area contributed by atoms with Gasteiger partial charge in [0.25, 0.3) is 0 Å². The maximum absolute atomic E-state index is 12.2. The zero-order chi connectivity index (χ0) is 40.0. The van der Waals surface area contributed by atoms with Gasteiger partial charge < -0.3 is 15.5 Å². The van der Waals surface area contributed by atoms with Crippen molar-refractivity contribution < 1.29 is 15.0 Å². The number of hydrogen-bond acceptors (Lipinski definition) is 3. The summed E-state index contributed by atoms with van der Waals surface area (Å²) in [4.78, 5) is 12.2. The Hall–Kier alpha value is -2.17. The standard InChI is InChI=1S/C51H91NO3/c1-3-5-7-9-10-11-12-13-14-15-16-17-18-19-20-21-22-23-24-25-26-27-28-29-30-31-32-33-34-35-36-37-38-39-40-41-42-43-45-47-51(55)52-49(48-53)50(54)46-44-8-6-4-2/h5,7,10-11,13-14,16-17,19-20,44,46,49-50,53-54H,3-4,6,8-9,12,15,18,21-43,45,47-48H2,1-2H3,(H,52,55)/b7-5-,11-10-,14-13-,17-16-,20-19-,46-44+. The van der Waals surface area contributed by atoms with Crippen LogP contribution in [0, 0.1) is 0 Å². The zero-order valence-electron chi connectivity index (χ0n) is 36.4. The maximum Gasteiger partial charge on any atom is 0.220 e. The maximum atomic E-state index is 12.2. The van der Waals surface area contributed by atoms with Crippen LogP contribution in [0.2, 0.25) is 0 Å². The predicted octanol–water partition coefficient (Wildman–Crippen LogP) is 15.1. The first-order valence-electron chi connectivity index (χ1n) is 23.7. The summed E-state index contributed by atoms with van der Waals surface area (Å²) in [6.45, 7) is 4.05. The van der Waals surface area contributed by atoms with Crippen LogP contribution in [0.25, 0.3) is 0 Å². The van der Waals surface area contributed by atoms with E-state index in [9.17, 15) is 15.0 Å². The van der Waals surface area contributed by atoms with E-state index < -0.39 is 12.1 Å². The van der Waals surface area contributed by atoms with Gasteiger partial charge in [-0.3, -0.25) is 4.79 Å². The highest BCUT2D eigenvalue weighted by molar-refractivity contribution is 5.76. The van der Waals surface area contributed by atoms with Gasteiger partial charge in [-0.15, -0.1) is 0 Å². The fourth-order valence-electron chi connectivity index (χ4n) is 6.84. The minimum atomic E-state index is -0.834. The van der Waals surface area contributed by atoms with Crippen LogP contribution in [0.15, 0.2) is 72.9 Å². The SMILES string of the molecule is CC/C=C\C/C=C\C/C=C\C/C=C\C/C=C\CCCCCCCCCCCCCCCCCCCCCCCCCC(=O)NC(CO)C(O)/C=C/CCCC. The number of hydrogen-bond donors (Lipinski definition) is 3. The lowest BCUT2D eigenvalue weighted by Gasteiger charge is -2.19. The van der Waals surface area contributed by atoms with E-state index in [0.717, 1.165) is 64.2 Å². The second kappa shape index (κ2) is 46.2. The van der Waals surface area contributed by atoms with E-state index in [-0.39, 0.29) is 12.5 Å². The molecule has 0 radical (unpaired) electrons. The zero-order valence-corrected chi connectivity index (χ0v) is 36.4. The summed E-state index contributed by atoms with van der Waals surface area (Å²) in [6, 6.07) is -0.617. The van der Waals surface area contributed by atoms with Gasteiger partial charge in [-0.2, -0.15) is 0 Å². The van der Waals surface area contributed by atoms with E-state index in [2.05, 4.69) is 79.9 Å². The topological polar surface area (TPSA) is 69.6 Å². The number of nitrogens with one attached hydrogen (secondary N) is 1. The Bertz CT molecular complexity index is 961. The number of unbranched alkanes of at least 4 members (excludes halogenated alkanes) is 25. The Morgan fingerprint density at radius 2 is 0.800 bits per heavy atom. The lowest BCUT2D eigenvalue weighted by molar-refractivity contribution is -0.123. The molecule has 1 amide bonds. The monoisotopic (exact) mass is 766 g/mol. The van der Waals surface area contributed by atoms with Crippen LogP contribution in [-0.4, -0.2) is 34.9 Å². The van der Waals surface area contributed by atoms with Crippen LogP contribution < -0.4 is 5.32 Å². The van der Waals surface area contributed by atoms with Crippen molar-refractivity contribution in [2.75, 3.05) is 6.61 Å². The molecule has 318 valence electrons. The molecule has 55 heavy (non-hydrogen) atoms. The lowest BCUT2D eigenvalue weighted by Crippen LogP contribution is -2.45. The third kappa shape index (κ3) is 42.8. The Morgan fingerprint density at radius 1 is 0.455 bits per heavy atom. The summed E-state index contributed by atoms with van der Waals surface area (Å²) in [7, 11) is 0. The van der Waals surface area contributed by atoms with Gasteiger partial charge in [-0.05, 0) is 57.8 Å². The van der Waals surface area contributed by atoms with Gasteiger partial charge in [0.1, 0.15) is 0 Å². The van der Waals surface area contributed by atoms with Gasteiger partial charge in [0.2, 0.25) is 5.91 Å². The summed E-state index contributed by atoms with van der Waals surface area (Å²) in [5.74, 6) is -0.0726. The molecule has 0 saturated heterocycles. The summed E-state index contributed by atoms with van der Waals surface area (Å²) in [5.41, 5.74) is 0. The molecule has 0 heterocycles. The minimum Gasteiger partial charge on any atom is -0.394 e. The van der Waals surface area contributed by atoms with E-state index in [4.69, 9.17) is 0 Å². The number of amides is 1. The van der Waals surface area contributed by atoms with Crippen LogP contribution in [0.4, 0.5) is 0 Å². The predicted molar refractivity (Wildman–Crippen MR) is 244 cm³/mol. The summed E-state index contributed by atoms with van der Waals surface area (Å²) in [6.07, 6.45) is 66.7. The third-order valence-corrected chi connectivity index (χ3v) is 10.4. The molecule has 0 fully saturated rings. The van der Waals surface area contributed by atoms with Crippen molar-refractivity contribution in [3.8, 4) is 0 Å². The number of carbonyl (C=O) groups excluding carboxylic acids is 1. The highest BCUT2D eigenvalue weighted by Crippen LogP contribution is 2.16. The Balaban J connectivity index is 3.34. The van der Waals surface area contributed by atoms with Gasteiger partial charge in [-0.1, -0.05) is 234 Å². The van der Waals surface area contributed by atoms with Crippen molar-refractivity contribution >= 4 is 5.91 Å². The van der Waals surface area contributed by atoms with Crippen molar-refractivity contribution in [1.29, 1.82) is 0 Å². The van der Waals surface area contributed by atoms with Crippen molar-refractivity contribution in [2.24, 2.45) is 0 Å². The van der Waals surface area contributed by atoms with E-state index in [1.165, 1.54) is 141 Å². The molecule has 0 aliphatic heterocycles. The van der Waals surface area contributed by atoms with E-state index in [1.54, 1.807) is 6.08 Å². The van der Waals surface area contributed by atoms with Crippen LogP contribution in [0.1, 0.15) is 226 Å². The minimum absolute atomic E-state index is 0.0726. The molecule has 0 rings (SSSR count). The second-order valence-electron chi connectivity index (χ2n) is 15.8. The molecule has 3 N–H and O–H groups in total. The highest BCUT2D eigenvalue weighted by atomic mass is 16.3. The van der Waals surface area contributed by atoms with Gasteiger partial charge in [0.15, 0.2) is 0 Å². The first-order chi connectivity index (χ1) is 27.2. The molecule has 0 aromatic heterocycles. The Labute approximate surface area is 342 Å². The summed E-state index contributed by atoms with van der Waals surface area (Å²) in [5, 5.41) is 22.5. The van der Waals surface area contributed by atoms with Gasteiger partial charge in [-0.25, -0.2) is 0 Å². The fourth-order valence-corrected chi connectivity index (χ4v) is 6.84. The Morgan fingerprint density at radius 3 is 1.18 bits per heavy atom. The average Bonchev–Trinajstić information content (AvgIpc) is 3.19. The van der Waals surface area contributed by atoms with E-state index in [1.807, 2.05) is 6.08 Å². The van der Waals surface area contributed by atoms with Gasteiger partial charge in [0.05, 0.1) is 18.8 Å².